The molecule has 0 aliphatic rings. The number of nitrogens with one attached hydrogen (secondary N) is 1. The van der Waals surface area contributed by atoms with Crippen molar-refractivity contribution in [3.05, 3.63) is 249 Å². The van der Waals surface area contributed by atoms with Gasteiger partial charge in [0.05, 0.1) is 11.6 Å². The minimum Gasteiger partial charge on any atom is -0.489 e. The SMILES string of the molecule is C.C.CB(O)N[C@@H](CCCCc1ccccc1OCc1ccc(Cl)cc1)C(=O)OC(C)(C)C.N[C@@H](CCN(Cc1ccccc1OCc1ccc(Cl)cc1)Cc1ccccc1Oc1ccccc1F)C(=O)O.O=Cc1ccccc1Oc1ccccc1F. The molecule has 88 heavy (non-hydrogen) atoms. The molecule has 0 bridgehead atoms. The number of halogens is 4. The molecule has 466 valence electrons. The Morgan fingerprint density at radius 3 is 1.50 bits per heavy atom. The average molecular weight is 1240 g/mol. The van der Waals surface area contributed by atoms with Crippen molar-refractivity contribution in [1.82, 2.24) is 10.1 Å². The molecule has 5 N–H and O–H groups in total. The van der Waals surface area contributed by atoms with Crippen molar-refractivity contribution in [1.29, 1.82) is 0 Å². The molecule has 0 aromatic heterocycles. The molecule has 13 nitrogen and oxygen atoms in total. The van der Waals surface area contributed by atoms with Gasteiger partial charge in [-0.3, -0.25) is 19.3 Å². The largest absolute Gasteiger partial charge is 0.489 e. The van der Waals surface area contributed by atoms with Crippen LogP contribution in [0.3, 0.4) is 0 Å². The number of benzene rings is 8. The zero-order chi connectivity index (χ0) is 61.8. The van der Waals surface area contributed by atoms with E-state index < -0.39 is 42.3 Å². The van der Waals surface area contributed by atoms with Crippen LogP contribution in [0.15, 0.2) is 194 Å². The number of hydrogen-bond acceptors (Lipinski definition) is 12. The third kappa shape index (κ3) is 25.3. The van der Waals surface area contributed by atoms with Crippen molar-refractivity contribution >= 4 is 48.5 Å². The summed E-state index contributed by atoms with van der Waals surface area (Å²) >= 11 is 11.9. The fourth-order valence-corrected chi connectivity index (χ4v) is 8.80. The minimum absolute atomic E-state index is 0. The lowest BCUT2D eigenvalue weighted by atomic mass is 9.86. The number of carbonyl (C=O) groups excluding carboxylic acids is 2. The van der Waals surface area contributed by atoms with E-state index in [1.807, 2.05) is 130 Å². The number of unbranched alkanes of at least 4 members (excludes halogenated alkanes) is 1. The highest BCUT2D eigenvalue weighted by molar-refractivity contribution is 6.46. The number of hydrogen-bond donors (Lipinski definition) is 4. The van der Waals surface area contributed by atoms with E-state index in [1.165, 1.54) is 18.2 Å². The third-order valence-corrected chi connectivity index (χ3v) is 13.4. The lowest BCUT2D eigenvalue weighted by Crippen LogP contribution is -2.47. The zero-order valence-electron chi connectivity index (χ0n) is 48.6. The highest BCUT2D eigenvalue weighted by Gasteiger charge is 2.27. The summed E-state index contributed by atoms with van der Waals surface area (Å²) in [5.41, 5.74) is 10.6. The van der Waals surface area contributed by atoms with E-state index in [4.69, 9.17) is 52.6 Å². The van der Waals surface area contributed by atoms with Gasteiger partial charge in [0, 0.05) is 40.8 Å². The van der Waals surface area contributed by atoms with Crippen LogP contribution in [0, 0.1) is 11.6 Å². The number of ether oxygens (including phenoxy) is 5. The van der Waals surface area contributed by atoms with Crippen LogP contribution in [0.5, 0.6) is 34.5 Å². The number of rotatable bonds is 27. The van der Waals surface area contributed by atoms with Crippen molar-refractivity contribution < 1.29 is 57.0 Å². The number of aldehydes is 1. The van der Waals surface area contributed by atoms with Gasteiger partial charge in [0.1, 0.15) is 47.9 Å². The molecule has 0 fully saturated rings. The molecule has 0 spiro atoms. The molecule has 8 rings (SSSR count). The number of carboxylic acid groups (broad SMARTS) is 1. The molecule has 0 amide bonds. The maximum atomic E-state index is 14.3. The molecular weight excluding hydrogens is 1160 g/mol. The van der Waals surface area contributed by atoms with Gasteiger partial charge in [0.15, 0.2) is 29.4 Å². The Bertz CT molecular complexity index is 3390. The molecule has 0 saturated carbocycles. The monoisotopic (exact) mass is 1240 g/mol. The van der Waals surface area contributed by atoms with Crippen molar-refractivity contribution in [2.45, 2.75) is 119 Å². The van der Waals surface area contributed by atoms with E-state index in [-0.39, 0.29) is 38.7 Å². The molecule has 8 aromatic carbocycles. The fraction of sp³-hybridized carbons (Fsp3) is 0.271. The van der Waals surface area contributed by atoms with Crippen LogP contribution < -0.4 is 29.9 Å². The highest BCUT2D eigenvalue weighted by Crippen LogP contribution is 2.31. The zero-order valence-corrected chi connectivity index (χ0v) is 50.1. The summed E-state index contributed by atoms with van der Waals surface area (Å²) in [6.45, 7) is 9.27. The van der Waals surface area contributed by atoms with Crippen LogP contribution in [-0.4, -0.2) is 64.5 Å². The second kappa shape index (κ2) is 37.6. The molecule has 18 heteroatoms. The topological polar surface area (TPSA) is 179 Å². The molecule has 2 atom stereocenters. The first-order valence-corrected chi connectivity index (χ1v) is 28.8. The van der Waals surface area contributed by atoms with Crippen LogP contribution in [-0.2, 0) is 47.1 Å². The maximum Gasteiger partial charge on any atom is 0.374 e. The van der Waals surface area contributed by atoms with E-state index in [0.717, 1.165) is 58.6 Å². The summed E-state index contributed by atoms with van der Waals surface area (Å²) < 4.78 is 56.5. The third-order valence-electron chi connectivity index (χ3n) is 12.9. The lowest BCUT2D eigenvalue weighted by molar-refractivity contribution is -0.157. The molecule has 0 aliphatic heterocycles. The van der Waals surface area contributed by atoms with Gasteiger partial charge in [-0.05, 0) is 149 Å². The maximum absolute atomic E-state index is 14.3. The molecule has 0 radical (unpaired) electrons. The van der Waals surface area contributed by atoms with E-state index >= 15 is 0 Å². The Morgan fingerprint density at radius 2 is 1.02 bits per heavy atom. The standard InChI is InChI=1S/C31H30ClFN2O4.C24H33BClNO4.C13H9FO2.2CH4/c32-25-15-13-22(14-16-25)21-38-28-10-4-1-7-23(28)19-35(18-17-27(34)31(36)37)20-24-8-2-5-11-29(24)39-30-12-6-3-9-26(30)33;1-24(2,3)31-23(28)21(27-25(4)29)11-7-5-9-19-10-6-8-12-22(19)30-17-18-13-15-20(26)16-14-18;14-11-6-2-4-8-13(11)16-12-7-3-1-5-10(12)9-15;;/h1-16,27H,17-21,34H2,(H,36,37);6,8,10,12-16,21,27,29H,5,7,9,11,17H2,1-4H3;1-9H;2*1H4/t27-;21-;;;/m00.../s1. The Hall–Kier alpha value is -8.09. The number of esters is 1. The van der Waals surface area contributed by atoms with Crippen LogP contribution in [0.2, 0.25) is 16.9 Å². The van der Waals surface area contributed by atoms with Crippen molar-refractivity contribution in [3.63, 3.8) is 0 Å². The second-order valence-electron chi connectivity index (χ2n) is 21.0. The Morgan fingerprint density at radius 1 is 0.602 bits per heavy atom. The molecule has 0 heterocycles. The van der Waals surface area contributed by atoms with Gasteiger partial charge >= 0.3 is 19.0 Å². The number of para-hydroxylation sites is 6. The quantitative estimate of drug-likeness (QED) is 0.0166. The predicted octanol–water partition coefficient (Wildman–Crippen LogP) is 16.4. The van der Waals surface area contributed by atoms with Crippen LogP contribution in [0.25, 0.3) is 0 Å². The number of aliphatic carboxylic acids is 1. The Kier molecular flexibility index (Phi) is 30.9. The summed E-state index contributed by atoms with van der Waals surface area (Å²) in [6.07, 6.45) is 4.06. The number of carbonyl (C=O) groups is 3. The summed E-state index contributed by atoms with van der Waals surface area (Å²) in [4.78, 5) is 36.6. The smallest absolute Gasteiger partial charge is 0.374 e. The van der Waals surface area contributed by atoms with Crippen molar-refractivity contribution in [2.24, 2.45) is 5.73 Å². The van der Waals surface area contributed by atoms with Gasteiger partial charge in [-0.2, -0.15) is 0 Å². The second-order valence-corrected chi connectivity index (χ2v) is 21.9. The van der Waals surface area contributed by atoms with Gasteiger partial charge in [-0.15, -0.1) is 0 Å². The number of aryl methyl sites for hydroxylation is 1. The summed E-state index contributed by atoms with van der Waals surface area (Å²) in [5, 5.41) is 23.3. The number of nitrogens with zero attached hydrogens (tertiary/aromatic N) is 1. The summed E-state index contributed by atoms with van der Waals surface area (Å²) in [7, 11) is -0.778. The van der Waals surface area contributed by atoms with Crippen molar-refractivity contribution in [3.8, 4) is 34.5 Å². The van der Waals surface area contributed by atoms with Gasteiger partial charge in [-0.25, -0.2) is 8.78 Å². The van der Waals surface area contributed by atoms with Crippen LogP contribution in [0.4, 0.5) is 8.78 Å². The lowest BCUT2D eigenvalue weighted by Gasteiger charge is -2.25. The Balaban J connectivity index is 0.000000301. The number of carboxylic acids is 1. The molecular formula is C70H80BCl2F2N3O10. The average Bonchev–Trinajstić information content (AvgIpc) is 3.57. The predicted molar refractivity (Wildman–Crippen MR) is 348 cm³/mol. The molecule has 8 aromatic rings. The first-order valence-electron chi connectivity index (χ1n) is 28.1. The van der Waals surface area contributed by atoms with E-state index in [1.54, 1.807) is 67.5 Å². The highest BCUT2D eigenvalue weighted by atomic mass is 35.5. The summed E-state index contributed by atoms with van der Waals surface area (Å²) in [6, 6.07) is 55.7. The van der Waals surface area contributed by atoms with E-state index in [2.05, 4.69) is 16.2 Å². The van der Waals surface area contributed by atoms with Crippen LogP contribution in [0.1, 0.15) is 99.5 Å². The first kappa shape index (κ1) is 72.4. The molecule has 0 aliphatic carbocycles. The molecule has 0 saturated heterocycles. The normalized spacial score (nSPS) is 11.4. The molecule has 0 unspecified atom stereocenters. The Labute approximate surface area is 527 Å². The first-order chi connectivity index (χ1) is 41.3. The van der Waals surface area contributed by atoms with Gasteiger partial charge in [0.2, 0.25) is 0 Å². The fourth-order valence-electron chi connectivity index (χ4n) is 8.54. The van der Waals surface area contributed by atoms with Gasteiger partial charge < -0.3 is 44.8 Å². The minimum atomic E-state index is -1.05. The van der Waals surface area contributed by atoms with Crippen LogP contribution >= 0.6 is 23.2 Å². The van der Waals surface area contributed by atoms with E-state index in [9.17, 15) is 33.3 Å². The number of nitrogens with two attached hydrogens (primary N) is 1. The summed E-state index contributed by atoms with van der Waals surface area (Å²) in [5.74, 6) is 0.392. The van der Waals surface area contributed by atoms with E-state index in [0.29, 0.717) is 72.7 Å². The van der Waals surface area contributed by atoms with Gasteiger partial charge in [-0.1, -0.05) is 160 Å². The van der Waals surface area contributed by atoms with Crippen molar-refractivity contribution in [2.75, 3.05) is 6.54 Å². The van der Waals surface area contributed by atoms with Gasteiger partial charge in [0.25, 0.3) is 0 Å².